The van der Waals surface area contributed by atoms with Gasteiger partial charge in [0.25, 0.3) is 0 Å². The van der Waals surface area contributed by atoms with Crippen molar-refractivity contribution in [2.24, 2.45) is 0 Å². The van der Waals surface area contributed by atoms with Crippen molar-refractivity contribution in [3.8, 4) is 0 Å². The summed E-state index contributed by atoms with van der Waals surface area (Å²) in [4.78, 5) is 13.2. The SMILES string of the molecule is Cc1cnc(N[C@@H](CN(C)C)c2ccccc2)nc1N(C)C. The van der Waals surface area contributed by atoms with Crippen molar-refractivity contribution in [3.05, 3.63) is 47.7 Å². The summed E-state index contributed by atoms with van der Waals surface area (Å²) < 4.78 is 0. The van der Waals surface area contributed by atoms with Crippen LogP contribution in [0.5, 0.6) is 0 Å². The summed E-state index contributed by atoms with van der Waals surface area (Å²) in [5.74, 6) is 1.60. The molecule has 2 rings (SSSR count). The number of anilines is 2. The van der Waals surface area contributed by atoms with E-state index in [1.807, 2.05) is 38.2 Å². The minimum Gasteiger partial charge on any atom is -0.362 e. The summed E-state index contributed by atoms with van der Waals surface area (Å²) >= 11 is 0. The zero-order valence-corrected chi connectivity index (χ0v) is 14.0. The molecule has 1 aromatic heterocycles. The normalized spacial score (nSPS) is 12.3. The number of likely N-dealkylation sites (N-methyl/N-ethyl adjacent to an activating group) is 1. The number of aromatic nitrogens is 2. The van der Waals surface area contributed by atoms with Gasteiger partial charge in [0.2, 0.25) is 5.95 Å². The molecule has 1 atom stereocenters. The predicted molar refractivity (Wildman–Crippen MR) is 92.5 cm³/mol. The van der Waals surface area contributed by atoms with Gasteiger partial charge in [-0.3, -0.25) is 0 Å². The minimum absolute atomic E-state index is 0.147. The van der Waals surface area contributed by atoms with E-state index in [-0.39, 0.29) is 6.04 Å². The first-order valence-corrected chi connectivity index (χ1v) is 7.44. The average Bonchev–Trinajstić information content (AvgIpc) is 2.48. The highest BCUT2D eigenvalue weighted by molar-refractivity contribution is 5.48. The number of hydrogen-bond donors (Lipinski definition) is 1. The van der Waals surface area contributed by atoms with E-state index < -0.39 is 0 Å². The summed E-state index contributed by atoms with van der Waals surface area (Å²) in [6.07, 6.45) is 1.86. The van der Waals surface area contributed by atoms with E-state index in [1.54, 1.807) is 0 Å². The Morgan fingerprint density at radius 1 is 1.09 bits per heavy atom. The Morgan fingerprint density at radius 3 is 2.36 bits per heavy atom. The molecular formula is C17H25N5. The second kappa shape index (κ2) is 7.22. The standard InChI is InChI=1S/C17H25N5/c1-13-11-18-17(20-16(13)22(4)5)19-15(12-21(2)3)14-9-7-6-8-10-14/h6-11,15H,12H2,1-5H3,(H,18,19,20)/t15-/m0/s1. The molecule has 0 radical (unpaired) electrons. The van der Waals surface area contributed by atoms with Crippen LogP contribution in [0.4, 0.5) is 11.8 Å². The summed E-state index contributed by atoms with van der Waals surface area (Å²) in [5, 5.41) is 3.46. The Hall–Kier alpha value is -2.14. The molecule has 1 heterocycles. The maximum atomic E-state index is 4.63. The number of nitrogens with zero attached hydrogens (tertiary/aromatic N) is 4. The molecule has 0 saturated heterocycles. The van der Waals surface area contributed by atoms with E-state index >= 15 is 0 Å². The lowest BCUT2D eigenvalue weighted by Gasteiger charge is -2.23. The maximum Gasteiger partial charge on any atom is 0.225 e. The molecule has 0 aliphatic carbocycles. The lowest BCUT2D eigenvalue weighted by atomic mass is 10.1. The Labute approximate surface area is 133 Å². The van der Waals surface area contributed by atoms with Gasteiger partial charge in [-0.15, -0.1) is 0 Å². The number of rotatable bonds is 6. The van der Waals surface area contributed by atoms with Crippen molar-refractivity contribution in [3.63, 3.8) is 0 Å². The lowest BCUT2D eigenvalue weighted by molar-refractivity contribution is 0.386. The summed E-state index contributed by atoms with van der Waals surface area (Å²) in [6, 6.07) is 10.5. The Balaban J connectivity index is 2.26. The number of aryl methyl sites for hydroxylation is 1. The summed E-state index contributed by atoms with van der Waals surface area (Å²) in [7, 11) is 8.12. The van der Waals surface area contributed by atoms with E-state index in [0.29, 0.717) is 5.95 Å². The van der Waals surface area contributed by atoms with Crippen LogP contribution in [0, 0.1) is 6.92 Å². The van der Waals surface area contributed by atoms with Crippen LogP contribution in [0.15, 0.2) is 36.5 Å². The van der Waals surface area contributed by atoms with Gasteiger partial charge in [0.05, 0.1) is 6.04 Å². The van der Waals surface area contributed by atoms with Crippen LogP contribution >= 0.6 is 0 Å². The van der Waals surface area contributed by atoms with Crippen molar-refractivity contribution in [2.75, 3.05) is 45.0 Å². The molecule has 2 aromatic rings. The minimum atomic E-state index is 0.147. The monoisotopic (exact) mass is 299 g/mol. The smallest absolute Gasteiger partial charge is 0.225 e. The van der Waals surface area contributed by atoms with E-state index in [9.17, 15) is 0 Å². The molecule has 0 fully saturated rings. The molecule has 0 saturated carbocycles. The highest BCUT2D eigenvalue weighted by atomic mass is 15.2. The predicted octanol–water partition coefficient (Wildman–Crippen LogP) is 2.57. The molecule has 0 aliphatic heterocycles. The third kappa shape index (κ3) is 4.18. The average molecular weight is 299 g/mol. The second-order valence-corrected chi connectivity index (χ2v) is 5.96. The van der Waals surface area contributed by atoms with Crippen LogP contribution in [0.3, 0.4) is 0 Å². The molecule has 118 valence electrons. The first kappa shape index (κ1) is 16.2. The van der Waals surface area contributed by atoms with Gasteiger partial charge in [-0.05, 0) is 26.6 Å². The Morgan fingerprint density at radius 2 is 1.77 bits per heavy atom. The van der Waals surface area contributed by atoms with Crippen LogP contribution in [0.1, 0.15) is 17.2 Å². The van der Waals surface area contributed by atoms with Crippen LogP contribution in [0.25, 0.3) is 0 Å². The molecule has 22 heavy (non-hydrogen) atoms. The number of benzene rings is 1. The van der Waals surface area contributed by atoms with Gasteiger partial charge >= 0.3 is 0 Å². The maximum absolute atomic E-state index is 4.63. The van der Waals surface area contributed by atoms with Crippen LogP contribution in [0.2, 0.25) is 0 Å². The van der Waals surface area contributed by atoms with Crippen LogP contribution in [-0.4, -0.2) is 49.6 Å². The third-order valence-corrected chi connectivity index (χ3v) is 3.42. The quantitative estimate of drug-likeness (QED) is 0.888. The highest BCUT2D eigenvalue weighted by Crippen LogP contribution is 2.21. The zero-order chi connectivity index (χ0) is 16.1. The highest BCUT2D eigenvalue weighted by Gasteiger charge is 2.14. The van der Waals surface area contributed by atoms with Crippen LogP contribution < -0.4 is 10.2 Å². The Bertz CT molecular complexity index is 595. The van der Waals surface area contributed by atoms with Gasteiger partial charge in [-0.1, -0.05) is 30.3 Å². The number of nitrogens with one attached hydrogen (secondary N) is 1. The van der Waals surface area contributed by atoms with Gasteiger partial charge in [0, 0.05) is 32.4 Å². The zero-order valence-electron chi connectivity index (χ0n) is 14.0. The second-order valence-electron chi connectivity index (χ2n) is 5.96. The fraction of sp³-hybridized carbons (Fsp3) is 0.412. The molecule has 0 amide bonds. The molecule has 1 N–H and O–H groups in total. The largest absolute Gasteiger partial charge is 0.362 e. The van der Waals surface area contributed by atoms with Gasteiger partial charge in [-0.2, -0.15) is 4.98 Å². The molecule has 1 aromatic carbocycles. The third-order valence-electron chi connectivity index (χ3n) is 3.42. The van der Waals surface area contributed by atoms with Gasteiger partial charge in [0.15, 0.2) is 0 Å². The Kier molecular flexibility index (Phi) is 5.33. The fourth-order valence-electron chi connectivity index (χ4n) is 2.40. The van der Waals surface area contributed by atoms with Crippen molar-refractivity contribution in [2.45, 2.75) is 13.0 Å². The van der Waals surface area contributed by atoms with Crippen molar-refractivity contribution in [1.82, 2.24) is 14.9 Å². The topological polar surface area (TPSA) is 44.3 Å². The molecular weight excluding hydrogens is 274 g/mol. The van der Waals surface area contributed by atoms with E-state index in [0.717, 1.165) is 17.9 Å². The van der Waals surface area contributed by atoms with E-state index in [4.69, 9.17) is 0 Å². The summed E-state index contributed by atoms with van der Waals surface area (Å²) in [5.41, 5.74) is 2.30. The van der Waals surface area contributed by atoms with Gasteiger partial charge < -0.3 is 15.1 Å². The molecule has 0 aliphatic rings. The number of hydrogen-bond acceptors (Lipinski definition) is 5. The first-order chi connectivity index (χ1) is 10.5. The molecule has 0 bridgehead atoms. The fourth-order valence-corrected chi connectivity index (χ4v) is 2.40. The van der Waals surface area contributed by atoms with Crippen molar-refractivity contribution < 1.29 is 0 Å². The molecule has 0 spiro atoms. The van der Waals surface area contributed by atoms with E-state index in [1.165, 1.54) is 5.56 Å². The molecule has 5 nitrogen and oxygen atoms in total. The molecule has 5 heteroatoms. The van der Waals surface area contributed by atoms with Crippen LogP contribution in [-0.2, 0) is 0 Å². The van der Waals surface area contributed by atoms with Gasteiger partial charge in [0.1, 0.15) is 5.82 Å². The van der Waals surface area contributed by atoms with Crippen molar-refractivity contribution >= 4 is 11.8 Å². The lowest BCUT2D eigenvalue weighted by Crippen LogP contribution is -2.26. The summed E-state index contributed by atoms with van der Waals surface area (Å²) in [6.45, 7) is 2.89. The van der Waals surface area contributed by atoms with E-state index in [2.05, 4.69) is 58.5 Å². The molecule has 0 unspecified atom stereocenters. The van der Waals surface area contributed by atoms with Crippen molar-refractivity contribution in [1.29, 1.82) is 0 Å². The first-order valence-electron chi connectivity index (χ1n) is 7.44. The van der Waals surface area contributed by atoms with Gasteiger partial charge in [-0.25, -0.2) is 4.98 Å².